The van der Waals surface area contributed by atoms with Crippen molar-refractivity contribution >= 4 is 17.3 Å². The van der Waals surface area contributed by atoms with Crippen LogP contribution in [0.5, 0.6) is 11.5 Å². The van der Waals surface area contributed by atoms with Gasteiger partial charge in [-0.05, 0) is 73.8 Å². The lowest BCUT2D eigenvalue weighted by Gasteiger charge is -2.18. The van der Waals surface area contributed by atoms with Gasteiger partial charge in [-0.25, -0.2) is 0 Å². The number of hydrogen-bond donors (Lipinski definition) is 2. The SMILES string of the molecule is COc1ccc(CCNC(=S)NC(C)c2ccc(C)c(C)c2)cc1OC. The van der Waals surface area contributed by atoms with Crippen molar-refractivity contribution in [1.29, 1.82) is 0 Å². The van der Waals surface area contributed by atoms with Crippen LogP contribution < -0.4 is 20.1 Å². The first-order chi connectivity index (χ1) is 12.4. The number of benzene rings is 2. The standard InChI is InChI=1S/C21H28N2O2S/c1-14-6-8-18(12-15(14)2)16(3)23-21(26)22-11-10-17-7-9-19(24-4)20(13-17)25-5/h6-9,12-13,16H,10-11H2,1-5H3,(H2,22,23,26). The molecule has 2 aromatic carbocycles. The molecule has 1 atom stereocenters. The van der Waals surface area contributed by atoms with E-state index >= 15 is 0 Å². The fourth-order valence-corrected chi connectivity index (χ4v) is 3.00. The number of hydrogen-bond acceptors (Lipinski definition) is 3. The molecule has 0 aliphatic carbocycles. The summed E-state index contributed by atoms with van der Waals surface area (Å²) >= 11 is 5.43. The molecule has 0 aliphatic rings. The fraction of sp³-hybridized carbons (Fsp3) is 0.381. The van der Waals surface area contributed by atoms with E-state index in [1.807, 2.05) is 18.2 Å². The largest absolute Gasteiger partial charge is 0.493 e. The predicted molar refractivity (Wildman–Crippen MR) is 111 cm³/mol. The third kappa shape index (κ3) is 5.36. The average Bonchev–Trinajstić information content (AvgIpc) is 2.63. The number of nitrogens with one attached hydrogen (secondary N) is 2. The highest BCUT2D eigenvalue weighted by atomic mass is 32.1. The maximum Gasteiger partial charge on any atom is 0.166 e. The average molecular weight is 373 g/mol. The van der Waals surface area contributed by atoms with Crippen LogP contribution in [0.2, 0.25) is 0 Å². The maximum atomic E-state index is 5.43. The number of ether oxygens (including phenoxy) is 2. The van der Waals surface area contributed by atoms with Gasteiger partial charge in [0.05, 0.1) is 20.3 Å². The number of aryl methyl sites for hydroxylation is 2. The van der Waals surface area contributed by atoms with Gasteiger partial charge in [-0.2, -0.15) is 0 Å². The van der Waals surface area contributed by atoms with Gasteiger partial charge in [-0.15, -0.1) is 0 Å². The highest BCUT2D eigenvalue weighted by Gasteiger charge is 2.08. The lowest BCUT2D eigenvalue weighted by atomic mass is 10.0. The molecule has 0 amide bonds. The normalized spacial score (nSPS) is 11.6. The van der Waals surface area contributed by atoms with Crippen LogP contribution in [-0.2, 0) is 6.42 Å². The van der Waals surface area contributed by atoms with E-state index in [4.69, 9.17) is 21.7 Å². The molecule has 0 aromatic heterocycles. The van der Waals surface area contributed by atoms with Crippen molar-refractivity contribution in [2.45, 2.75) is 33.2 Å². The lowest BCUT2D eigenvalue weighted by molar-refractivity contribution is 0.354. The summed E-state index contributed by atoms with van der Waals surface area (Å²) in [5.41, 5.74) is 5.00. The van der Waals surface area contributed by atoms with Crippen LogP contribution in [0.1, 0.15) is 35.2 Å². The third-order valence-corrected chi connectivity index (χ3v) is 4.79. The molecule has 0 fully saturated rings. The molecule has 4 nitrogen and oxygen atoms in total. The predicted octanol–water partition coefficient (Wildman–Crippen LogP) is 4.09. The molecule has 2 N–H and O–H groups in total. The van der Waals surface area contributed by atoms with Crippen molar-refractivity contribution in [3.8, 4) is 11.5 Å². The molecule has 2 aromatic rings. The zero-order chi connectivity index (χ0) is 19.1. The molecule has 2 rings (SSSR count). The zero-order valence-corrected chi connectivity index (χ0v) is 17.0. The Morgan fingerprint density at radius 3 is 2.38 bits per heavy atom. The minimum atomic E-state index is 0.162. The van der Waals surface area contributed by atoms with Gasteiger partial charge in [-0.1, -0.05) is 24.3 Å². The van der Waals surface area contributed by atoms with Gasteiger partial charge in [-0.3, -0.25) is 0 Å². The van der Waals surface area contributed by atoms with Gasteiger partial charge >= 0.3 is 0 Å². The summed E-state index contributed by atoms with van der Waals surface area (Å²) in [5, 5.41) is 7.28. The van der Waals surface area contributed by atoms with Gasteiger partial charge in [0.25, 0.3) is 0 Å². The van der Waals surface area contributed by atoms with E-state index in [9.17, 15) is 0 Å². The molecule has 0 saturated heterocycles. The van der Waals surface area contributed by atoms with Crippen LogP contribution in [0, 0.1) is 13.8 Å². The van der Waals surface area contributed by atoms with Gasteiger partial charge in [0, 0.05) is 6.54 Å². The summed E-state index contributed by atoms with van der Waals surface area (Å²) in [6, 6.07) is 12.6. The zero-order valence-electron chi connectivity index (χ0n) is 16.2. The molecule has 5 heteroatoms. The van der Waals surface area contributed by atoms with Crippen molar-refractivity contribution in [3.63, 3.8) is 0 Å². The number of rotatable bonds is 7. The third-order valence-electron chi connectivity index (χ3n) is 4.53. The first-order valence-corrected chi connectivity index (χ1v) is 9.17. The molecule has 1 unspecified atom stereocenters. The van der Waals surface area contributed by atoms with Crippen LogP contribution in [0.15, 0.2) is 36.4 Å². The van der Waals surface area contributed by atoms with E-state index in [1.165, 1.54) is 22.3 Å². The van der Waals surface area contributed by atoms with Crippen molar-refractivity contribution in [2.75, 3.05) is 20.8 Å². The van der Waals surface area contributed by atoms with E-state index in [0.717, 1.165) is 24.5 Å². The second-order valence-corrected chi connectivity index (χ2v) is 6.81. The highest BCUT2D eigenvalue weighted by molar-refractivity contribution is 7.80. The molecular formula is C21H28N2O2S. The Morgan fingerprint density at radius 2 is 1.73 bits per heavy atom. The molecule has 0 radical (unpaired) electrons. The molecule has 0 aliphatic heterocycles. The topological polar surface area (TPSA) is 42.5 Å². The van der Waals surface area contributed by atoms with E-state index in [0.29, 0.717) is 5.11 Å². The Kier molecular flexibility index (Phi) is 7.27. The van der Waals surface area contributed by atoms with E-state index in [-0.39, 0.29) is 6.04 Å². The molecule has 0 saturated carbocycles. The van der Waals surface area contributed by atoms with E-state index in [2.05, 4.69) is 49.6 Å². The van der Waals surface area contributed by atoms with Crippen LogP contribution in [0.3, 0.4) is 0 Å². The van der Waals surface area contributed by atoms with Gasteiger partial charge in [0.2, 0.25) is 0 Å². The summed E-state index contributed by atoms with van der Waals surface area (Å²) in [7, 11) is 3.28. The van der Waals surface area contributed by atoms with Gasteiger partial charge in [0.1, 0.15) is 0 Å². The number of thiocarbonyl (C=S) groups is 1. The second-order valence-electron chi connectivity index (χ2n) is 6.40. The molecule has 0 bridgehead atoms. The molecular weight excluding hydrogens is 344 g/mol. The fourth-order valence-electron chi connectivity index (χ4n) is 2.72. The lowest BCUT2D eigenvalue weighted by Crippen LogP contribution is -2.37. The van der Waals surface area contributed by atoms with Crippen LogP contribution in [0.25, 0.3) is 0 Å². The van der Waals surface area contributed by atoms with Gasteiger partial charge < -0.3 is 20.1 Å². The van der Waals surface area contributed by atoms with Crippen LogP contribution in [-0.4, -0.2) is 25.9 Å². The quantitative estimate of drug-likeness (QED) is 0.717. The smallest absolute Gasteiger partial charge is 0.166 e. The Hall–Kier alpha value is -2.27. The second kappa shape index (κ2) is 9.43. The molecule has 140 valence electrons. The Bertz CT molecular complexity index is 762. The van der Waals surface area contributed by atoms with E-state index in [1.54, 1.807) is 14.2 Å². The van der Waals surface area contributed by atoms with E-state index < -0.39 is 0 Å². The van der Waals surface area contributed by atoms with Crippen molar-refractivity contribution in [3.05, 3.63) is 58.7 Å². The first-order valence-electron chi connectivity index (χ1n) is 8.77. The van der Waals surface area contributed by atoms with Crippen molar-refractivity contribution in [2.24, 2.45) is 0 Å². The van der Waals surface area contributed by atoms with Crippen LogP contribution in [0.4, 0.5) is 0 Å². The minimum absolute atomic E-state index is 0.162. The summed E-state index contributed by atoms with van der Waals surface area (Å²) in [6.45, 7) is 7.12. The maximum absolute atomic E-state index is 5.43. The summed E-state index contributed by atoms with van der Waals surface area (Å²) < 4.78 is 10.6. The molecule has 0 spiro atoms. The Labute approximate surface area is 161 Å². The summed E-state index contributed by atoms with van der Waals surface area (Å²) in [4.78, 5) is 0. The Morgan fingerprint density at radius 1 is 1.00 bits per heavy atom. The minimum Gasteiger partial charge on any atom is -0.493 e. The summed E-state index contributed by atoms with van der Waals surface area (Å²) in [6.07, 6.45) is 0.847. The Balaban J connectivity index is 1.84. The number of methoxy groups -OCH3 is 2. The first kappa shape index (κ1) is 20.0. The molecule has 26 heavy (non-hydrogen) atoms. The van der Waals surface area contributed by atoms with Crippen molar-refractivity contribution in [1.82, 2.24) is 10.6 Å². The highest BCUT2D eigenvalue weighted by Crippen LogP contribution is 2.27. The van der Waals surface area contributed by atoms with Crippen molar-refractivity contribution < 1.29 is 9.47 Å². The van der Waals surface area contributed by atoms with Crippen LogP contribution >= 0.6 is 12.2 Å². The molecule has 0 heterocycles. The summed E-state index contributed by atoms with van der Waals surface area (Å²) in [5.74, 6) is 1.48. The van der Waals surface area contributed by atoms with Gasteiger partial charge in [0.15, 0.2) is 16.6 Å². The monoisotopic (exact) mass is 372 g/mol.